The molecule has 33 valence electrons. The molecule has 1 rings (SSSR count). The van der Waals surface area contributed by atoms with Gasteiger partial charge in [-0.05, 0) is 0 Å². The van der Waals surface area contributed by atoms with Crippen molar-refractivity contribution in [2.45, 2.75) is 0 Å². The van der Waals surface area contributed by atoms with Gasteiger partial charge >= 0.3 is 0 Å². The molecule has 1 nitrogen and oxygen atoms in total. The molecular weight excluding hydrogens is 232 g/mol. The van der Waals surface area contributed by atoms with Crippen LogP contribution in [-0.2, 0) is 0 Å². The number of aliphatic imine (C=N–C) groups is 1. The van der Waals surface area contributed by atoms with Gasteiger partial charge < -0.3 is 0 Å². The van der Waals surface area contributed by atoms with Crippen LogP contribution >= 0.6 is 11.8 Å². The first-order valence-corrected chi connectivity index (χ1v) is 2.52. The third-order valence-corrected chi connectivity index (χ3v) is 1.08. The Kier molecular flexibility index (Phi) is 5.54. The number of thioether (sulfide) groups is 1. The molecule has 1 radical (unpaired) electrons. The van der Waals surface area contributed by atoms with Crippen LogP contribution in [0.5, 0.6) is 0 Å². The Morgan fingerprint density at radius 2 is 2.50 bits per heavy atom. The van der Waals surface area contributed by atoms with Crippen molar-refractivity contribution >= 4 is 17.3 Å². The number of nitrogens with zero attached hydrogens (tertiary/aromatic N) is 1. The molecule has 0 bridgehead atoms. The Morgan fingerprint density at radius 1 is 1.67 bits per heavy atom. The number of hydrogen-bond acceptors (Lipinski definition) is 2. The summed E-state index contributed by atoms with van der Waals surface area (Å²) in [4.78, 5) is 3.80. The summed E-state index contributed by atoms with van der Waals surface area (Å²) in [5.74, 6) is 1.14. The van der Waals surface area contributed by atoms with Crippen LogP contribution in [0.15, 0.2) is 4.99 Å². The van der Waals surface area contributed by atoms with E-state index >= 15 is 0 Å². The van der Waals surface area contributed by atoms with E-state index in [1.54, 1.807) is 11.8 Å². The average molecular weight is 236 g/mol. The van der Waals surface area contributed by atoms with Crippen molar-refractivity contribution in [1.82, 2.24) is 0 Å². The van der Waals surface area contributed by atoms with Crippen molar-refractivity contribution in [3.05, 3.63) is 0 Å². The molecule has 1 aliphatic rings. The predicted molar refractivity (Wildman–Crippen MR) is 24.8 cm³/mol. The van der Waals surface area contributed by atoms with Gasteiger partial charge in [0.1, 0.15) is 5.55 Å². The molecule has 0 amide bonds. The Balaban J connectivity index is 0.000000250. The molecule has 6 heavy (non-hydrogen) atoms. The monoisotopic (exact) mass is 238 g/mol. The largest absolute Gasteiger partial charge is 0.275 e. The van der Waals surface area contributed by atoms with Crippen LogP contribution in [0, 0.1) is 40.4 Å². The van der Waals surface area contributed by atoms with E-state index in [0.29, 0.717) is 0 Å². The number of hydrogen-bond donors (Lipinski definition) is 0. The minimum atomic E-state index is 0. The topological polar surface area (TPSA) is 12.4 Å². The summed E-state index contributed by atoms with van der Waals surface area (Å²) in [7, 11) is 0. The van der Waals surface area contributed by atoms with Gasteiger partial charge in [0.05, 0.1) is 0 Å². The van der Waals surface area contributed by atoms with Gasteiger partial charge in [0.25, 0.3) is 0 Å². The Hall–Kier alpha value is 1.36. The first-order chi connectivity index (χ1) is 2.50. The third kappa shape index (κ3) is 2.52. The fourth-order valence-electron chi connectivity index (χ4n) is 0.228. The van der Waals surface area contributed by atoms with Crippen molar-refractivity contribution in [3.8, 4) is 0 Å². The van der Waals surface area contributed by atoms with E-state index in [1.807, 2.05) is 0 Å². The summed E-state index contributed by atoms with van der Waals surface area (Å²) < 4.78 is 0. The first kappa shape index (κ1) is 7.36. The maximum absolute atomic E-state index is 3.80. The molecule has 3 heteroatoms. The SMILES string of the molecule is [C]1=NCCS1.[Sm]. The molecule has 0 aromatic heterocycles. The van der Waals surface area contributed by atoms with Gasteiger partial charge in [-0.3, -0.25) is 4.99 Å². The van der Waals surface area contributed by atoms with E-state index in [9.17, 15) is 0 Å². The van der Waals surface area contributed by atoms with Crippen molar-refractivity contribution in [3.63, 3.8) is 0 Å². The fraction of sp³-hybridized carbons (Fsp3) is 0.667. The first-order valence-electron chi connectivity index (χ1n) is 1.53. The maximum Gasteiger partial charge on any atom is 0.122 e. The van der Waals surface area contributed by atoms with Gasteiger partial charge in [-0.1, -0.05) is 0 Å². The second-order valence-corrected chi connectivity index (χ2v) is 1.70. The molecule has 0 aromatic rings. The average Bonchev–Trinajstić information content (AvgIpc) is 1.76. The van der Waals surface area contributed by atoms with Gasteiger partial charge in [-0.15, -0.1) is 11.8 Å². The van der Waals surface area contributed by atoms with Crippen LogP contribution in [0.3, 0.4) is 0 Å². The zero-order chi connectivity index (χ0) is 3.54. The smallest absolute Gasteiger partial charge is 0.122 e. The van der Waals surface area contributed by atoms with Gasteiger partial charge in [0.2, 0.25) is 0 Å². The molecule has 0 saturated heterocycles. The van der Waals surface area contributed by atoms with E-state index in [-0.39, 0.29) is 40.4 Å². The third-order valence-electron chi connectivity index (χ3n) is 0.434. The van der Waals surface area contributed by atoms with E-state index in [4.69, 9.17) is 0 Å². The summed E-state index contributed by atoms with van der Waals surface area (Å²) in [5.41, 5.74) is 2.76. The van der Waals surface area contributed by atoms with Crippen molar-refractivity contribution in [2.75, 3.05) is 12.3 Å². The van der Waals surface area contributed by atoms with Crippen molar-refractivity contribution in [1.29, 1.82) is 0 Å². The minimum absolute atomic E-state index is 0. The van der Waals surface area contributed by atoms with Crippen LogP contribution in [0.2, 0.25) is 0 Å². The van der Waals surface area contributed by atoms with Gasteiger partial charge in [0, 0.05) is 52.7 Å². The molecule has 0 aromatic carbocycles. The molecule has 0 fully saturated rings. The van der Waals surface area contributed by atoms with E-state index < -0.39 is 0 Å². The van der Waals surface area contributed by atoms with Crippen LogP contribution in [0.25, 0.3) is 0 Å². The maximum atomic E-state index is 3.80. The molecule has 0 aliphatic carbocycles. The summed E-state index contributed by atoms with van der Waals surface area (Å²) in [6, 6.07) is 0. The van der Waals surface area contributed by atoms with Crippen molar-refractivity contribution in [2.24, 2.45) is 4.99 Å². The van der Waals surface area contributed by atoms with Gasteiger partial charge in [-0.2, -0.15) is 0 Å². The fourth-order valence-corrected chi connectivity index (χ4v) is 0.685. The molecule has 0 saturated carbocycles. The quantitative estimate of drug-likeness (QED) is 0.601. The van der Waals surface area contributed by atoms with E-state index in [1.165, 1.54) is 0 Å². The predicted octanol–water partition coefficient (Wildman–Crippen LogP) is 0.639. The molecule has 0 atom stereocenters. The van der Waals surface area contributed by atoms with Crippen LogP contribution < -0.4 is 0 Å². The molecule has 1 heterocycles. The second-order valence-electron chi connectivity index (χ2n) is 0.821. The molecule has 0 unspecified atom stereocenters. The normalized spacial score (nSPS) is 17.3. The number of rotatable bonds is 0. The van der Waals surface area contributed by atoms with E-state index in [2.05, 4.69) is 10.5 Å². The molecular formula is C3H4NSSm. The summed E-state index contributed by atoms with van der Waals surface area (Å²) in [6.07, 6.45) is 0. The molecule has 0 spiro atoms. The Morgan fingerprint density at radius 3 is 2.67 bits per heavy atom. The van der Waals surface area contributed by atoms with Gasteiger partial charge in [0.15, 0.2) is 0 Å². The van der Waals surface area contributed by atoms with Crippen molar-refractivity contribution < 1.29 is 40.4 Å². The summed E-state index contributed by atoms with van der Waals surface area (Å²) >= 11 is 1.66. The summed E-state index contributed by atoms with van der Waals surface area (Å²) in [5, 5.41) is 0. The zero-order valence-electron chi connectivity index (χ0n) is 3.18. The Labute approximate surface area is 74.1 Å². The van der Waals surface area contributed by atoms with E-state index in [0.717, 1.165) is 12.3 Å². The molecule has 0 N–H and O–H groups in total. The standard InChI is InChI=1S/C3H4NS.Sm/c1-2-5-3-4-1;/h1-2H2;. The van der Waals surface area contributed by atoms with Crippen LogP contribution in [0.4, 0.5) is 0 Å². The zero-order valence-corrected chi connectivity index (χ0v) is 6.61. The second kappa shape index (κ2) is 4.51. The van der Waals surface area contributed by atoms with Gasteiger partial charge in [-0.25, -0.2) is 0 Å². The Bertz CT molecular complexity index is 48.8. The van der Waals surface area contributed by atoms with Crippen LogP contribution in [0.1, 0.15) is 0 Å². The molecule has 1 aliphatic heterocycles. The minimum Gasteiger partial charge on any atom is -0.275 e. The van der Waals surface area contributed by atoms with Crippen LogP contribution in [-0.4, -0.2) is 17.8 Å². The summed E-state index contributed by atoms with van der Waals surface area (Å²) in [6.45, 7) is 0.977.